The van der Waals surface area contributed by atoms with E-state index >= 15 is 0 Å². The summed E-state index contributed by atoms with van der Waals surface area (Å²) in [6.45, 7) is 5.37. The van der Waals surface area contributed by atoms with Crippen LogP contribution in [0.3, 0.4) is 0 Å². The molecular weight excluding hydrogens is 362 g/mol. The average molecular weight is 389 g/mol. The Balaban J connectivity index is 1.64. The summed E-state index contributed by atoms with van der Waals surface area (Å²) in [6.07, 6.45) is 0. The Morgan fingerprint density at radius 3 is 2.34 bits per heavy atom. The Hall–Kier alpha value is -2.98. The molecule has 0 spiro atoms. The van der Waals surface area contributed by atoms with E-state index in [1.807, 2.05) is 12.1 Å². The van der Waals surface area contributed by atoms with Gasteiger partial charge in [0, 0.05) is 25.2 Å². The molecule has 0 amide bonds. The van der Waals surface area contributed by atoms with Gasteiger partial charge < -0.3 is 14.2 Å². The molecular formula is C25H27NO3. The zero-order valence-electron chi connectivity index (χ0n) is 17.3. The fourth-order valence-electron chi connectivity index (χ4n) is 3.73. The Morgan fingerprint density at radius 1 is 0.897 bits per heavy atom. The molecule has 3 aromatic rings. The number of rotatable bonds is 5. The highest BCUT2D eigenvalue weighted by Crippen LogP contribution is 2.38. The van der Waals surface area contributed by atoms with Crippen molar-refractivity contribution in [3.63, 3.8) is 0 Å². The van der Waals surface area contributed by atoms with E-state index in [9.17, 15) is 0 Å². The topological polar surface area (TPSA) is 30.9 Å². The van der Waals surface area contributed by atoms with Gasteiger partial charge in [0.1, 0.15) is 12.4 Å². The maximum Gasteiger partial charge on any atom is 0.165 e. The summed E-state index contributed by atoms with van der Waals surface area (Å²) in [5, 5.41) is 0. The van der Waals surface area contributed by atoms with E-state index in [0.29, 0.717) is 6.61 Å². The van der Waals surface area contributed by atoms with Gasteiger partial charge in [0.15, 0.2) is 11.5 Å². The lowest BCUT2D eigenvalue weighted by atomic mass is 10.0. The molecule has 4 heteroatoms. The zero-order valence-corrected chi connectivity index (χ0v) is 17.3. The first-order valence-electron chi connectivity index (χ1n) is 9.92. The van der Waals surface area contributed by atoms with Crippen molar-refractivity contribution in [1.29, 1.82) is 0 Å². The zero-order chi connectivity index (χ0) is 20.2. The molecule has 4 nitrogen and oxygen atoms in total. The second-order valence-corrected chi connectivity index (χ2v) is 7.44. The second-order valence-electron chi connectivity index (χ2n) is 7.44. The third-order valence-electron chi connectivity index (χ3n) is 5.35. The van der Waals surface area contributed by atoms with Crippen molar-refractivity contribution in [3.8, 4) is 28.4 Å². The van der Waals surface area contributed by atoms with Gasteiger partial charge in [0.25, 0.3) is 0 Å². The van der Waals surface area contributed by atoms with Gasteiger partial charge in [-0.05, 0) is 47.9 Å². The first-order chi connectivity index (χ1) is 14.2. The Morgan fingerprint density at radius 2 is 1.66 bits per heavy atom. The highest BCUT2D eigenvalue weighted by atomic mass is 16.5. The van der Waals surface area contributed by atoms with Gasteiger partial charge in [-0.3, -0.25) is 4.90 Å². The summed E-state index contributed by atoms with van der Waals surface area (Å²) in [5.74, 6) is 2.49. The van der Waals surface area contributed by atoms with Crippen molar-refractivity contribution < 1.29 is 14.2 Å². The predicted octanol–water partition coefficient (Wildman–Crippen LogP) is 5.07. The molecule has 0 N–H and O–H groups in total. The van der Waals surface area contributed by atoms with Crippen LogP contribution in [0.25, 0.3) is 11.1 Å². The molecule has 1 heterocycles. The summed E-state index contributed by atoms with van der Waals surface area (Å²) in [6, 6.07) is 21.1. The summed E-state index contributed by atoms with van der Waals surface area (Å²) >= 11 is 0. The van der Waals surface area contributed by atoms with E-state index in [4.69, 9.17) is 14.2 Å². The Kier molecular flexibility index (Phi) is 5.72. The number of methoxy groups -OCH3 is 2. The van der Waals surface area contributed by atoms with Crippen LogP contribution in [0, 0.1) is 6.92 Å². The van der Waals surface area contributed by atoms with Gasteiger partial charge in [-0.2, -0.15) is 0 Å². The van der Waals surface area contributed by atoms with Crippen LogP contribution >= 0.6 is 0 Å². The van der Waals surface area contributed by atoms with Gasteiger partial charge >= 0.3 is 0 Å². The van der Waals surface area contributed by atoms with E-state index in [2.05, 4.69) is 60.4 Å². The average Bonchev–Trinajstić information content (AvgIpc) is 2.96. The van der Waals surface area contributed by atoms with Crippen molar-refractivity contribution in [2.45, 2.75) is 20.0 Å². The predicted molar refractivity (Wildman–Crippen MR) is 116 cm³/mol. The van der Waals surface area contributed by atoms with Gasteiger partial charge in [0.05, 0.1) is 14.2 Å². The van der Waals surface area contributed by atoms with Crippen LogP contribution in [0.1, 0.15) is 16.7 Å². The van der Waals surface area contributed by atoms with Crippen molar-refractivity contribution in [2.24, 2.45) is 0 Å². The van der Waals surface area contributed by atoms with Gasteiger partial charge in [-0.25, -0.2) is 0 Å². The lowest BCUT2D eigenvalue weighted by Gasteiger charge is -2.20. The standard InChI is InChI=1S/C25H27NO3/c1-18-4-6-19(7-5-18)16-26-12-13-29-25-22(17-26)14-21(15-24(25)28-3)20-8-10-23(27-2)11-9-20/h4-11,14-15H,12-13,16-17H2,1-3H3. The smallest absolute Gasteiger partial charge is 0.165 e. The third kappa shape index (κ3) is 4.38. The molecule has 29 heavy (non-hydrogen) atoms. The fourth-order valence-corrected chi connectivity index (χ4v) is 3.73. The minimum absolute atomic E-state index is 0.650. The maximum atomic E-state index is 6.10. The maximum absolute atomic E-state index is 6.10. The van der Waals surface area contributed by atoms with Crippen molar-refractivity contribution in [3.05, 3.63) is 77.4 Å². The van der Waals surface area contributed by atoms with E-state index in [0.717, 1.165) is 53.6 Å². The molecule has 150 valence electrons. The summed E-state index contributed by atoms with van der Waals surface area (Å²) in [4.78, 5) is 2.42. The van der Waals surface area contributed by atoms with E-state index in [1.165, 1.54) is 11.1 Å². The van der Waals surface area contributed by atoms with E-state index < -0.39 is 0 Å². The largest absolute Gasteiger partial charge is 0.497 e. The number of hydrogen-bond acceptors (Lipinski definition) is 4. The number of fused-ring (bicyclic) bond motifs is 1. The highest BCUT2D eigenvalue weighted by Gasteiger charge is 2.20. The highest BCUT2D eigenvalue weighted by molar-refractivity contribution is 5.70. The molecule has 0 saturated heterocycles. The molecule has 0 atom stereocenters. The summed E-state index contributed by atoms with van der Waals surface area (Å²) < 4.78 is 17.1. The first-order valence-corrected chi connectivity index (χ1v) is 9.92. The van der Waals surface area contributed by atoms with Gasteiger partial charge in [-0.15, -0.1) is 0 Å². The number of ether oxygens (including phenoxy) is 3. The van der Waals surface area contributed by atoms with Crippen LogP contribution in [0.2, 0.25) is 0 Å². The minimum atomic E-state index is 0.650. The fraction of sp³-hybridized carbons (Fsp3) is 0.280. The second kappa shape index (κ2) is 8.58. The molecule has 1 aliphatic rings. The molecule has 0 saturated carbocycles. The van der Waals surface area contributed by atoms with Crippen LogP contribution < -0.4 is 14.2 Å². The van der Waals surface area contributed by atoms with Crippen LogP contribution in [0.5, 0.6) is 17.2 Å². The van der Waals surface area contributed by atoms with Gasteiger partial charge in [-0.1, -0.05) is 42.0 Å². The number of aryl methyl sites for hydroxylation is 1. The molecule has 0 radical (unpaired) electrons. The quantitative estimate of drug-likeness (QED) is 0.609. The van der Waals surface area contributed by atoms with Crippen LogP contribution in [0.15, 0.2) is 60.7 Å². The lowest BCUT2D eigenvalue weighted by molar-refractivity contribution is 0.217. The monoisotopic (exact) mass is 389 g/mol. The first kappa shape index (κ1) is 19.3. The molecule has 0 aromatic heterocycles. The molecule has 0 aliphatic carbocycles. The van der Waals surface area contributed by atoms with Crippen LogP contribution in [-0.2, 0) is 13.1 Å². The Bertz CT molecular complexity index is 965. The van der Waals surface area contributed by atoms with Crippen LogP contribution in [0.4, 0.5) is 0 Å². The number of hydrogen-bond donors (Lipinski definition) is 0. The lowest BCUT2D eigenvalue weighted by Crippen LogP contribution is -2.25. The third-order valence-corrected chi connectivity index (χ3v) is 5.35. The molecule has 4 rings (SSSR count). The van der Waals surface area contributed by atoms with Crippen molar-refractivity contribution in [2.75, 3.05) is 27.4 Å². The Labute approximate surface area is 172 Å². The van der Waals surface area contributed by atoms with Gasteiger partial charge in [0.2, 0.25) is 0 Å². The summed E-state index contributed by atoms with van der Waals surface area (Å²) in [7, 11) is 3.38. The molecule has 1 aliphatic heterocycles. The van der Waals surface area contributed by atoms with Crippen LogP contribution in [-0.4, -0.2) is 32.3 Å². The SMILES string of the molecule is COc1ccc(-c2cc3c(c(OC)c2)OCCN(Cc2ccc(C)cc2)C3)cc1. The minimum Gasteiger partial charge on any atom is -0.497 e. The van der Waals surface area contributed by atoms with Crippen molar-refractivity contribution in [1.82, 2.24) is 4.90 Å². The van der Waals surface area contributed by atoms with E-state index in [-0.39, 0.29) is 0 Å². The molecule has 0 bridgehead atoms. The van der Waals surface area contributed by atoms with E-state index in [1.54, 1.807) is 14.2 Å². The normalized spacial score (nSPS) is 13.9. The number of benzene rings is 3. The summed E-state index contributed by atoms with van der Waals surface area (Å²) in [5.41, 5.74) is 5.99. The molecule has 3 aromatic carbocycles. The van der Waals surface area contributed by atoms with Crippen molar-refractivity contribution >= 4 is 0 Å². The number of nitrogens with zero attached hydrogens (tertiary/aromatic N) is 1. The molecule has 0 unspecified atom stereocenters. The molecule has 0 fully saturated rings.